The number of H-pyrrole nitrogens is 1. The Labute approximate surface area is 111 Å². The van der Waals surface area contributed by atoms with E-state index in [9.17, 15) is 0 Å². The van der Waals surface area contributed by atoms with Gasteiger partial charge in [0.05, 0.1) is 6.20 Å². The monoisotopic (exact) mass is 265 g/mol. The van der Waals surface area contributed by atoms with E-state index in [2.05, 4.69) is 45.6 Å². The maximum Gasteiger partial charge on any atom is 0.202 e. The van der Waals surface area contributed by atoms with Crippen LogP contribution in [0.15, 0.2) is 6.20 Å². The lowest BCUT2D eigenvalue weighted by atomic mass is 10.1. The van der Waals surface area contributed by atoms with E-state index in [4.69, 9.17) is 0 Å². The second-order valence-electron chi connectivity index (χ2n) is 4.66. The summed E-state index contributed by atoms with van der Waals surface area (Å²) in [5.41, 5.74) is 2.45. The largest absolute Gasteiger partial charge is 0.360 e. The lowest BCUT2D eigenvalue weighted by molar-refractivity contribution is 0.797. The summed E-state index contributed by atoms with van der Waals surface area (Å²) >= 11 is 1.44. The lowest BCUT2D eigenvalue weighted by Gasteiger charge is -2.01. The summed E-state index contributed by atoms with van der Waals surface area (Å²) in [5, 5.41) is 11.2. The van der Waals surface area contributed by atoms with Crippen LogP contribution in [0.5, 0.6) is 0 Å². The van der Waals surface area contributed by atoms with Gasteiger partial charge in [-0.3, -0.25) is 5.10 Å². The van der Waals surface area contributed by atoms with E-state index in [1.807, 2.05) is 6.20 Å². The average molecular weight is 265 g/mol. The van der Waals surface area contributed by atoms with E-state index in [-0.39, 0.29) is 0 Å². The highest BCUT2D eigenvalue weighted by atomic mass is 32.1. The van der Waals surface area contributed by atoms with Crippen molar-refractivity contribution in [1.29, 1.82) is 0 Å². The van der Waals surface area contributed by atoms with Crippen molar-refractivity contribution in [2.75, 3.05) is 11.9 Å². The van der Waals surface area contributed by atoms with Crippen LogP contribution in [-0.2, 0) is 6.42 Å². The molecule has 2 aromatic heterocycles. The molecule has 0 saturated carbocycles. The van der Waals surface area contributed by atoms with Gasteiger partial charge >= 0.3 is 0 Å². The van der Waals surface area contributed by atoms with Crippen molar-refractivity contribution in [2.45, 2.75) is 39.5 Å². The molecule has 0 aliphatic carbocycles. The van der Waals surface area contributed by atoms with Crippen molar-refractivity contribution >= 4 is 16.7 Å². The third-order valence-corrected chi connectivity index (χ3v) is 3.48. The number of hydrogen-bond donors (Lipinski definition) is 2. The SMILES string of the molecule is Cc1[nH]ncc1CCCNc1nc(C(C)C)ns1. The van der Waals surface area contributed by atoms with Crippen molar-refractivity contribution < 1.29 is 0 Å². The number of aromatic nitrogens is 4. The van der Waals surface area contributed by atoms with Gasteiger partial charge in [0, 0.05) is 29.7 Å². The van der Waals surface area contributed by atoms with Gasteiger partial charge in [-0.2, -0.15) is 9.47 Å². The highest BCUT2D eigenvalue weighted by Gasteiger charge is 2.07. The van der Waals surface area contributed by atoms with Gasteiger partial charge in [0.2, 0.25) is 5.13 Å². The van der Waals surface area contributed by atoms with E-state index >= 15 is 0 Å². The van der Waals surface area contributed by atoms with E-state index in [0.29, 0.717) is 5.92 Å². The van der Waals surface area contributed by atoms with Gasteiger partial charge < -0.3 is 5.32 Å². The third-order valence-electron chi connectivity index (χ3n) is 2.79. The fourth-order valence-corrected chi connectivity index (χ4v) is 2.38. The Morgan fingerprint density at radius 1 is 1.44 bits per heavy atom. The molecule has 5 nitrogen and oxygen atoms in total. The molecule has 0 amide bonds. The fraction of sp³-hybridized carbons (Fsp3) is 0.583. The van der Waals surface area contributed by atoms with Crippen molar-refractivity contribution in [3.8, 4) is 0 Å². The average Bonchev–Trinajstić information content (AvgIpc) is 2.94. The molecule has 0 aliphatic heterocycles. The molecule has 2 N–H and O–H groups in total. The molecule has 0 saturated heterocycles. The maximum absolute atomic E-state index is 4.44. The summed E-state index contributed by atoms with van der Waals surface area (Å²) < 4.78 is 4.31. The van der Waals surface area contributed by atoms with Crippen molar-refractivity contribution in [1.82, 2.24) is 19.6 Å². The molecule has 0 unspecified atom stereocenters. The van der Waals surface area contributed by atoms with Crippen molar-refractivity contribution in [3.05, 3.63) is 23.3 Å². The number of nitrogens with zero attached hydrogens (tertiary/aromatic N) is 3. The number of aryl methyl sites for hydroxylation is 2. The van der Waals surface area contributed by atoms with Crippen LogP contribution in [0, 0.1) is 6.92 Å². The third kappa shape index (κ3) is 3.29. The van der Waals surface area contributed by atoms with E-state index in [0.717, 1.165) is 36.0 Å². The highest BCUT2D eigenvalue weighted by molar-refractivity contribution is 7.09. The molecular formula is C12H19N5S. The number of nitrogens with one attached hydrogen (secondary N) is 2. The van der Waals surface area contributed by atoms with Gasteiger partial charge in [0.1, 0.15) is 5.82 Å². The summed E-state index contributed by atoms with van der Waals surface area (Å²) in [6.07, 6.45) is 4.00. The zero-order chi connectivity index (χ0) is 13.0. The number of anilines is 1. The van der Waals surface area contributed by atoms with Gasteiger partial charge in [0.15, 0.2) is 0 Å². The number of aromatic amines is 1. The molecule has 0 spiro atoms. The molecule has 0 fully saturated rings. The second-order valence-corrected chi connectivity index (χ2v) is 5.41. The molecule has 0 aliphatic rings. The predicted molar refractivity (Wildman–Crippen MR) is 74.1 cm³/mol. The normalized spacial score (nSPS) is 11.1. The number of rotatable bonds is 6. The molecule has 2 heterocycles. The molecule has 18 heavy (non-hydrogen) atoms. The minimum absolute atomic E-state index is 0.394. The molecule has 2 aromatic rings. The Morgan fingerprint density at radius 3 is 2.89 bits per heavy atom. The van der Waals surface area contributed by atoms with E-state index < -0.39 is 0 Å². The molecule has 6 heteroatoms. The van der Waals surface area contributed by atoms with Gasteiger partial charge in [-0.25, -0.2) is 4.98 Å². The Bertz CT molecular complexity index is 488. The smallest absolute Gasteiger partial charge is 0.202 e. The minimum Gasteiger partial charge on any atom is -0.360 e. The summed E-state index contributed by atoms with van der Waals surface area (Å²) in [5.74, 6) is 1.32. The first-order valence-electron chi connectivity index (χ1n) is 6.23. The molecule has 98 valence electrons. The molecule has 2 rings (SSSR count). The fourth-order valence-electron chi connectivity index (χ4n) is 1.64. The first-order valence-corrected chi connectivity index (χ1v) is 7.00. The standard InChI is InChI=1S/C12H19N5S/c1-8(2)11-15-12(18-17-11)13-6-4-5-10-7-14-16-9(10)3/h7-8H,4-6H2,1-3H3,(H,14,16)(H,13,15,17). The molecular weight excluding hydrogens is 246 g/mol. The van der Waals surface area contributed by atoms with Crippen LogP contribution >= 0.6 is 11.5 Å². The zero-order valence-electron chi connectivity index (χ0n) is 11.0. The van der Waals surface area contributed by atoms with Gasteiger partial charge in [0.25, 0.3) is 0 Å². The zero-order valence-corrected chi connectivity index (χ0v) is 11.8. The first kappa shape index (κ1) is 13.0. The Balaban J connectivity index is 1.73. The van der Waals surface area contributed by atoms with Crippen LogP contribution < -0.4 is 5.32 Å². The Morgan fingerprint density at radius 2 is 2.28 bits per heavy atom. The summed E-state index contributed by atoms with van der Waals surface area (Å²) in [7, 11) is 0. The number of hydrogen-bond acceptors (Lipinski definition) is 5. The molecule has 0 radical (unpaired) electrons. The molecule has 0 aromatic carbocycles. The van der Waals surface area contributed by atoms with Crippen LogP contribution in [0.25, 0.3) is 0 Å². The van der Waals surface area contributed by atoms with E-state index in [1.54, 1.807) is 0 Å². The Hall–Kier alpha value is -1.43. The molecule has 0 bridgehead atoms. The Kier molecular flexibility index (Phi) is 4.30. The van der Waals surface area contributed by atoms with Crippen molar-refractivity contribution in [3.63, 3.8) is 0 Å². The summed E-state index contributed by atoms with van der Waals surface area (Å²) in [6.45, 7) is 7.17. The van der Waals surface area contributed by atoms with E-state index in [1.165, 1.54) is 17.1 Å². The lowest BCUT2D eigenvalue weighted by Crippen LogP contribution is -2.03. The highest BCUT2D eigenvalue weighted by Crippen LogP contribution is 2.17. The van der Waals surface area contributed by atoms with Crippen LogP contribution in [-0.4, -0.2) is 26.1 Å². The van der Waals surface area contributed by atoms with Gasteiger partial charge in [-0.05, 0) is 25.3 Å². The molecule has 0 atom stereocenters. The van der Waals surface area contributed by atoms with Gasteiger partial charge in [-0.15, -0.1) is 0 Å². The quantitative estimate of drug-likeness (QED) is 0.788. The summed E-state index contributed by atoms with van der Waals surface area (Å²) in [4.78, 5) is 4.44. The predicted octanol–water partition coefficient (Wildman–Crippen LogP) is 2.74. The van der Waals surface area contributed by atoms with Gasteiger partial charge in [-0.1, -0.05) is 13.8 Å². The minimum atomic E-state index is 0.394. The second kappa shape index (κ2) is 5.95. The summed E-state index contributed by atoms with van der Waals surface area (Å²) in [6, 6.07) is 0. The topological polar surface area (TPSA) is 66.5 Å². The van der Waals surface area contributed by atoms with Crippen LogP contribution in [0.2, 0.25) is 0 Å². The van der Waals surface area contributed by atoms with Crippen LogP contribution in [0.4, 0.5) is 5.13 Å². The first-order chi connectivity index (χ1) is 8.66. The van der Waals surface area contributed by atoms with Crippen LogP contribution in [0.1, 0.15) is 43.3 Å². The van der Waals surface area contributed by atoms with Crippen molar-refractivity contribution in [2.24, 2.45) is 0 Å². The maximum atomic E-state index is 4.44. The van der Waals surface area contributed by atoms with Crippen LogP contribution in [0.3, 0.4) is 0 Å².